The number of ether oxygens (including phenoxy) is 1. The quantitative estimate of drug-likeness (QED) is 0.766. The van der Waals surface area contributed by atoms with Crippen molar-refractivity contribution in [2.24, 2.45) is 11.8 Å². The van der Waals surface area contributed by atoms with Gasteiger partial charge in [-0.05, 0) is 45.1 Å². The second kappa shape index (κ2) is 8.88. The molecule has 128 valence electrons. The molecule has 2 rings (SSSR count). The highest BCUT2D eigenvalue weighted by Crippen LogP contribution is 2.25. The first-order valence-corrected chi connectivity index (χ1v) is 9.19. The largest absolute Gasteiger partial charge is 0.469 e. The third kappa shape index (κ3) is 4.95. The highest BCUT2D eigenvalue weighted by Gasteiger charge is 2.33. The molecule has 1 N–H and O–H groups in total. The summed E-state index contributed by atoms with van der Waals surface area (Å²) in [6, 6.07) is 0.959. The molecule has 1 saturated carbocycles. The van der Waals surface area contributed by atoms with Gasteiger partial charge < -0.3 is 10.1 Å². The summed E-state index contributed by atoms with van der Waals surface area (Å²) in [5.41, 5.74) is 0. The summed E-state index contributed by atoms with van der Waals surface area (Å²) in [4.78, 5) is 14.5. The van der Waals surface area contributed by atoms with Crippen LogP contribution in [-0.2, 0) is 9.53 Å². The Labute approximate surface area is 136 Å². The van der Waals surface area contributed by atoms with Gasteiger partial charge in [-0.2, -0.15) is 0 Å². The number of hydrogen-bond donors (Lipinski definition) is 1. The Morgan fingerprint density at radius 3 is 2.64 bits per heavy atom. The van der Waals surface area contributed by atoms with E-state index in [1.807, 2.05) is 0 Å². The van der Waals surface area contributed by atoms with E-state index in [9.17, 15) is 4.79 Å². The van der Waals surface area contributed by atoms with Crippen LogP contribution in [0.1, 0.15) is 58.8 Å². The average Bonchev–Trinajstić information content (AvgIpc) is 2.59. The van der Waals surface area contributed by atoms with Gasteiger partial charge in [0.2, 0.25) is 0 Å². The van der Waals surface area contributed by atoms with Crippen LogP contribution in [0.25, 0.3) is 0 Å². The van der Waals surface area contributed by atoms with Gasteiger partial charge in [0.15, 0.2) is 0 Å². The lowest BCUT2D eigenvalue weighted by molar-refractivity contribution is -0.148. The van der Waals surface area contributed by atoms with E-state index < -0.39 is 0 Å². The number of piperidine rings is 1. The topological polar surface area (TPSA) is 41.6 Å². The van der Waals surface area contributed by atoms with Crippen molar-refractivity contribution < 1.29 is 9.53 Å². The Balaban J connectivity index is 1.88. The van der Waals surface area contributed by atoms with Crippen molar-refractivity contribution in [1.82, 2.24) is 10.2 Å². The van der Waals surface area contributed by atoms with Gasteiger partial charge in [0.1, 0.15) is 0 Å². The molecule has 4 nitrogen and oxygen atoms in total. The van der Waals surface area contributed by atoms with Crippen LogP contribution in [-0.4, -0.2) is 49.7 Å². The molecule has 0 aromatic rings. The van der Waals surface area contributed by atoms with Gasteiger partial charge in [0.05, 0.1) is 13.0 Å². The lowest BCUT2D eigenvalue weighted by Gasteiger charge is -2.40. The maximum Gasteiger partial charge on any atom is 0.310 e. The smallest absolute Gasteiger partial charge is 0.310 e. The van der Waals surface area contributed by atoms with Crippen LogP contribution in [0.15, 0.2) is 0 Å². The molecule has 2 fully saturated rings. The van der Waals surface area contributed by atoms with E-state index >= 15 is 0 Å². The number of carbonyl (C=O) groups is 1. The van der Waals surface area contributed by atoms with E-state index in [4.69, 9.17) is 4.74 Å². The van der Waals surface area contributed by atoms with Crippen molar-refractivity contribution in [2.45, 2.75) is 70.9 Å². The van der Waals surface area contributed by atoms with E-state index in [0.717, 1.165) is 38.4 Å². The second-order valence-electron chi connectivity index (χ2n) is 7.28. The van der Waals surface area contributed by atoms with E-state index in [1.165, 1.54) is 39.2 Å². The first-order valence-electron chi connectivity index (χ1n) is 9.19. The summed E-state index contributed by atoms with van der Waals surface area (Å²) in [5, 5.41) is 3.76. The molecule has 0 spiro atoms. The Morgan fingerprint density at radius 2 is 2.00 bits per heavy atom. The van der Waals surface area contributed by atoms with Gasteiger partial charge in [-0.25, -0.2) is 0 Å². The third-order valence-electron chi connectivity index (χ3n) is 5.65. The molecule has 1 aliphatic heterocycles. The van der Waals surface area contributed by atoms with Gasteiger partial charge in [-0.1, -0.05) is 26.2 Å². The van der Waals surface area contributed by atoms with Crippen LogP contribution in [0.2, 0.25) is 0 Å². The molecule has 0 amide bonds. The molecule has 0 bridgehead atoms. The maximum absolute atomic E-state index is 12.0. The van der Waals surface area contributed by atoms with Crippen LogP contribution in [0.5, 0.6) is 0 Å². The van der Waals surface area contributed by atoms with E-state index in [2.05, 4.69) is 24.1 Å². The predicted molar refractivity (Wildman–Crippen MR) is 89.8 cm³/mol. The fourth-order valence-corrected chi connectivity index (χ4v) is 3.96. The molecule has 3 unspecified atom stereocenters. The fraction of sp³-hybridized carbons (Fsp3) is 0.944. The molecule has 2 aliphatic rings. The second-order valence-corrected chi connectivity index (χ2v) is 7.28. The molecular weight excluding hydrogens is 276 g/mol. The van der Waals surface area contributed by atoms with Crippen molar-refractivity contribution in [1.29, 1.82) is 0 Å². The van der Waals surface area contributed by atoms with Crippen LogP contribution in [0, 0.1) is 11.8 Å². The van der Waals surface area contributed by atoms with E-state index in [0.29, 0.717) is 12.1 Å². The number of methoxy groups -OCH3 is 1. The monoisotopic (exact) mass is 310 g/mol. The summed E-state index contributed by atoms with van der Waals surface area (Å²) in [5.74, 6) is 0.818. The van der Waals surface area contributed by atoms with Gasteiger partial charge in [-0.15, -0.1) is 0 Å². The Hall–Kier alpha value is -0.610. The summed E-state index contributed by atoms with van der Waals surface area (Å²) < 4.78 is 5.00. The van der Waals surface area contributed by atoms with Gasteiger partial charge in [0, 0.05) is 25.2 Å². The molecule has 3 atom stereocenters. The minimum atomic E-state index is -0.0440. The summed E-state index contributed by atoms with van der Waals surface area (Å²) >= 11 is 0. The molecule has 0 aromatic heterocycles. The number of esters is 1. The van der Waals surface area contributed by atoms with Crippen molar-refractivity contribution in [3.05, 3.63) is 0 Å². The summed E-state index contributed by atoms with van der Waals surface area (Å²) in [7, 11) is 1.51. The molecule has 1 heterocycles. The highest BCUT2D eigenvalue weighted by molar-refractivity contribution is 5.72. The normalized spacial score (nSPS) is 29.2. The zero-order valence-electron chi connectivity index (χ0n) is 14.6. The molecule has 0 aromatic carbocycles. The molecular formula is C18H34N2O2. The first-order chi connectivity index (χ1) is 10.6. The Kier molecular flexibility index (Phi) is 7.16. The third-order valence-corrected chi connectivity index (χ3v) is 5.65. The Bertz CT molecular complexity index is 342. The minimum Gasteiger partial charge on any atom is -0.469 e. The van der Waals surface area contributed by atoms with Gasteiger partial charge in [0.25, 0.3) is 0 Å². The number of hydrogen-bond acceptors (Lipinski definition) is 4. The number of likely N-dealkylation sites (tertiary alicyclic amines) is 1. The number of rotatable bonds is 6. The Morgan fingerprint density at radius 1 is 1.27 bits per heavy atom. The van der Waals surface area contributed by atoms with Crippen LogP contribution >= 0.6 is 0 Å². The molecule has 1 aliphatic carbocycles. The van der Waals surface area contributed by atoms with Crippen LogP contribution in [0.3, 0.4) is 0 Å². The first kappa shape index (κ1) is 17.7. The SMILES string of the molecule is CCC(C)N1CC(NCC2CCCCC2)CC(C(=O)OC)C1. The van der Waals surface area contributed by atoms with E-state index in [-0.39, 0.29) is 11.9 Å². The zero-order valence-corrected chi connectivity index (χ0v) is 14.6. The lowest BCUT2D eigenvalue weighted by atomic mass is 9.88. The number of nitrogens with one attached hydrogen (secondary N) is 1. The van der Waals surface area contributed by atoms with Gasteiger partial charge in [-0.3, -0.25) is 9.69 Å². The average molecular weight is 310 g/mol. The minimum absolute atomic E-state index is 0.0246. The number of carbonyl (C=O) groups excluding carboxylic acids is 1. The van der Waals surface area contributed by atoms with Crippen LogP contribution in [0.4, 0.5) is 0 Å². The summed E-state index contributed by atoms with van der Waals surface area (Å²) in [6.07, 6.45) is 8.98. The molecule has 22 heavy (non-hydrogen) atoms. The highest BCUT2D eigenvalue weighted by atomic mass is 16.5. The van der Waals surface area contributed by atoms with Crippen molar-refractivity contribution in [2.75, 3.05) is 26.7 Å². The standard InChI is InChI=1S/C18H34N2O2/c1-4-14(2)20-12-16(18(21)22-3)10-17(13-20)19-11-15-8-6-5-7-9-15/h14-17,19H,4-13H2,1-3H3. The molecule has 4 heteroatoms. The number of nitrogens with zero attached hydrogens (tertiary/aromatic N) is 1. The van der Waals surface area contributed by atoms with Crippen molar-refractivity contribution in [3.63, 3.8) is 0 Å². The summed E-state index contributed by atoms with van der Waals surface area (Å²) in [6.45, 7) is 7.51. The van der Waals surface area contributed by atoms with Crippen LogP contribution < -0.4 is 5.32 Å². The predicted octanol–water partition coefficient (Wildman–Crippen LogP) is 2.82. The van der Waals surface area contributed by atoms with E-state index in [1.54, 1.807) is 0 Å². The van der Waals surface area contributed by atoms with Gasteiger partial charge >= 0.3 is 5.97 Å². The van der Waals surface area contributed by atoms with Crippen molar-refractivity contribution >= 4 is 5.97 Å². The fourth-order valence-electron chi connectivity index (χ4n) is 3.96. The zero-order chi connectivity index (χ0) is 15.9. The molecule has 0 radical (unpaired) electrons. The van der Waals surface area contributed by atoms with Crippen molar-refractivity contribution in [3.8, 4) is 0 Å². The maximum atomic E-state index is 12.0. The molecule has 1 saturated heterocycles. The lowest BCUT2D eigenvalue weighted by Crippen LogP contribution is -2.54.